The fourth-order valence-corrected chi connectivity index (χ4v) is 1.63. The lowest BCUT2D eigenvalue weighted by Crippen LogP contribution is -2.19. The van der Waals surface area contributed by atoms with E-state index in [4.69, 9.17) is 0 Å². The summed E-state index contributed by atoms with van der Waals surface area (Å²) in [4.78, 5) is 26.0. The predicted molar refractivity (Wildman–Crippen MR) is 55.3 cm³/mol. The van der Waals surface area contributed by atoms with Crippen LogP contribution < -0.4 is 5.48 Å². The zero-order valence-electron chi connectivity index (χ0n) is 8.96. The van der Waals surface area contributed by atoms with E-state index in [-0.39, 0.29) is 0 Å². The van der Waals surface area contributed by atoms with Gasteiger partial charge < -0.3 is 4.84 Å². The summed E-state index contributed by atoms with van der Waals surface area (Å²) in [5.41, 5.74) is 5.14. The van der Waals surface area contributed by atoms with Crippen molar-refractivity contribution >= 4 is 12.4 Å². The first-order valence-corrected chi connectivity index (χ1v) is 4.54. The Labute approximate surface area is 88.2 Å². The summed E-state index contributed by atoms with van der Waals surface area (Å²) in [6, 6.07) is 3.79. The van der Waals surface area contributed by atoms with Gasteiger partial charge in [-0.05, 0) is 31.9 Å². The van der Waals surface area contributed by atoms with Gasteiger partial charge >= 0.3 is 5.97 Å². The summed E-state index contributed by atoms with van der Waals surface area (Å²) >= 11 is 0. The van der Waals surface area contributed by atoms with E-state index in [9.17, 15) is 9.59 Å². The lowest BCUT2D eigenvalue weighted by atomic mass is 10.0. The van der Waals surface area contributed by atoms with Crippen molar-refractivity contribution in [2.45, 2.75) is 20.8 Å². The Bertz CT molecular complexity index is 376. The molecule has 0 atom stereocenters. The quantitative estimate of drug-likeness (QED) is 0.602. The van der Waals surface area contributed by atoms with Gasteiger partial charge in [-0.1, -0.05) is 17.7 Å². The first-order valence-electron chi connectivity index (χ1n) is 4.54. The molecule has 1 N–H and O–H groups in total. The lowest BCUT2D eigenvalue weighted by molar-refractivity contribution is -0.117. The number of amides is 1. The van der Waals surface area contributed by atoms with Gasteiger partial charge in [-0.3, -0.25) is 4.79 Å². The molecule has 0 heterocycles. The Kier molecular flexibility index (Phi) is 3.44. The van der Waals surface area contributed by atoms with Crippen molar-refractivity contribution in [2.75, 3.05) is 0 Å². The van der Waals surface area contributed by atoms with Crippen LogP contribution in [0, 0.1) is 20.8 Å². The number of hydroxylamine groups is 1. The highest BCUT2D eigenvalue weighted by molar-refractivity contribution is 5.92. The van der Waals surface area contributed by atoms with Crippen molar-refractivity contribution < 1.29 is 14.4 Å². The maximum atomic E-state index is 11.5. The number of carbonyl (C=O) groups is 2. The van der Waals surface area contributed by atoms with Crippen molar-refractivity contribution in [2.24, 2.45) is 0 Å². The average Bonchev–Trinajstić information content (AvgIpc) is 2.12. The Hall–Kier alpha value is -1.84. The van der Waals surface area contributed by atoms with E-state index < -0.39 is 5.97 Å². The highest BCUT2D eigenvalue weighted by atomic mass is 16.7. The maximum absolute atomic E-state index is 11.5. The number of hydrogen-bond donors (Lipinski definition) is 1. The second-order valence-electron chi connectivity index (χ2n) is 3.40. The SMILES string of the molecule is Cc1cc(C)c(C(=O)ONC=O)c(C)c1. The van der Waals surface area contributed by atoms with Crippen LogP contribution in [0.2, 0.25) is 0 Å². The molecular formula is C11H13NO3. The highest BCUT2D eigenvalue weighted by Gasteiger charge is 2.14. The third-order valence-electron chi connectivity index (χ3n) is 2.08. The molecule has 4 heteroatoms. The zero-order chi connectivity index (χ0) is 11.4. The molecule has 1 aromatic rings. The molecule has 0 spiro atoms. The minimum Gasteiger partial charge on any atom is -0.336 e. The van der Waals surface area contributed by atoms with Crippen molar-refractivity contribution in [1.82, 2.24) is 5.48 Å². The van der Waals surface area contributed by atoms with Crippen LogP contribution in [-0.2, 0) is 9.63 Å². The normalized spacial score (nSPS) is 9.53. The second kappa shape index (κ2) is 4.59. The Morgan fingerprint density at radius 3 is 2.27 bits per heavy atom. The van der Waals surface area contributed by atoms with Gasteiger partial charge in [-0.25, -0.2) is 4.79 Å². The highest BCUT2D eigenvalue weighted by Crippen LogP contribution is 2.16. The number of nitrogens with one attached hydrogen (secondary N) is 1. The van der Waals surface area contributed by atoms with Crippen LogP contribution in [0.3, 0.4) is 0 Å². The summed E-state index contributed by atoms with van der Waals surface area (Å²) < 4.78 is 0. The second-order valence-corrected chi connectivity index (χ2v) is 3.40. The molecule has 0 saturated heterocycles. The third kappa shape index (κ3) is 2.56. The standard InChI is InChI=1S/C11H13NO3/c1-7-4-8(2)10(9(3)5-7)11(14)15-12-6-13/h4-6H,1-3H3,(H,12,13). The first-order chi connectivity index (χ1) is 7.06. The minimum absolute atomic E-state index is 0.316. The van der Waals surface area contributed by atoms with E-state index in [1.807, 2.05) is 38.4 Å². The van der Waals surface area contributed by atoms with E-state index in [1.54, 1.807) is 0 Å². The molecule has 0 unspecified atom stereocenters. The molecule has 0 aliphatic rings. The Morgan fingerprint density at radius 2 is 1.80 bits per heavy atom. The monoisotopic (exact) mass is 207 g/mol. The third-order valence-corrected chi connectivity index (χ3v) is 2.08. The van der Waals surface area contributed by atoms with Crippen molar-refractivity contribution in [3.63, 3.8) is 0 Å². The fraction of sp³-hybridized carbons (Fsp3) is 0.273. The molecule has 1 rings (SSSR count). The molecule has 1 aromatic carbocycles. The van der Waals surface area contributed by atoms with E-state index in [0.29, 0.717) is 12.0 Å². The lowest BCUT2D eigenvalue weighted by Gasteiger charge is -2.09. The van der Waals surface area contributed by atoms with Crippen molar-refractivity contribution in [1.29, 1.82) is 0 Å². The van der Waals surface area contributed by atoms with E-state index in [0.717, 1.165) is 16.7 Å². The number of hydrogen-bond acceptors (Lipinski definition) is 3. The van der Waals surface area contributed by atoms with Crippen LogP contribution in [0.4, 0.5) is 0 Å². The largest absolute Gasteiger partial charge is 0.363 e. The van der Waals surface area contributed by atoms with E-state index in [2.05, 4.69) is 4.84 Å². The summed E-state index contributed by atoms with van der Waals surface area (Å²) in [5.74, 6) is -0.544. The Morgan fingerprint density at radius 1 is 1.27 bits per heavy atom. The minimum atomic E-state index is -0.544. The topological polar surface area (TPSA) is 55.4 Å². The molecular weight excluding hydrogens is 194 g/mol. The smallest absolute Gasteiger partial charge is 0.336 e. The fourth-order valence-electron chi connectivity index (χ4n) is 1.63. The maximum Gasteiger partial charge on any atom is 0.363 e. The van der Waals surface area contributed by atoms with Crippen LogP contribution in [0.15, 0.2) is 12.1 Å². The number of rotatable bonds is 3. The van der Waals surface area contributed by atoms with Crippen molar-refractivity contribution in [3.05, 3.63) is 34.4 Å². The molecule has 0 fully saturated rings. The summed E-state index contributed by atoms with van der Waals surface area (Å²) in [5, 5.41) is 0. The number of carbonyl (C=O) groups excluding carboxylic acids is 2. The van der Waals surface area contributed by atoms with E-state index in [1.165, 1.54) is 0 Å². The molecule has 15 heavy (non-hydrogen) atoms. The first kappa shape index (κ1) is 11.2. The molecule has 0 bridgehead atoms. The van der Waals surface area contributed by atoms with E-state index >= 15 is 0 Å². The van der Waals surface area contributed by atoms with Crippen molar-refractivity contribution in [3.8, 4) is 0 Å². The molecule has 1 amide bonds. The van der Waals surface area contributed by atoms with Crippen LogP contribution in [0.25, 0.3) is 0 Å². The molecule has 0 radical (unpaired) electrons. The number of benzene rings is 1. The molecule has 4 nitrogen and oxygen atoms in total. The van der Waals surface area contributed by atoms with Crippen LogP contribution in [-0.4, -0.2) is 12.4 Å². The average molecular weight is 207 g/mol. The molecule has 0 saturated carbocycles. The summed E-state index contributed by atoms with van der Waals surface area (Å²) in [6.07, 6.45) is 0.316. The van der Waals surface area contributed by atoms with Gasteiger partial charge in [0.15, 0.2) is 0 Å². The molecule has 0 aliphatic heterocycles. The van der Waals surface area contributed by atoms with Gasteiger partial charge in [-0.2, -0.15) is 5.48 Å². The van der Waals surface area contributed by atoms with Gasteiger partial charge in [0.1, 0.15) is 0 Å². The zero-order valence-corrected chi connectivity index (χ0v) is 8.96. The van der Waals surface area contributed by atoms with Crippen LogP contribution in [0.1, 0.15) is 27.0 Å². The molecule has 0 aliphatic carbocycles. The van der Waals surface area contributed by atoms with Gasteiger partial charge in [0.25, 0.3) is 0 Å². The van der Waals surface area contributed by atoms with Gasteiger partial charge in [0, 0.05) is 0 Å². The molecule has 80 valence electrons. The molecule has 0 aromatic heterocycles. The Balaban J connectivity index is 3.03. The summed E-state index contributed by atoms with van der Waals surface area (Å²) in [7, 11) is 0. The van der Waals surface area contributed by atoms with Crippen LogP contribution in [0.5, 0.6) is 0 Å². The van der Waals surface area contributed by atoms with Gasteiger partial charge in [-0.15, -0.1) is 0 Å². The predicted octanol–water partition coefficient (Wildman–Crippen LogP) is 1.43. The van der Waals surface area contributed by atoms with Crippen LogP contribution >= 0.6 is 0 Å². The summed E-state index contributed by atoms with van der Waals surface area (Å²) in [6.45, 7) is 5.62. The number of aryl methyl sites for hydroxylation is 3. The van der Waals surface area contributed by atoms with Gasteiger partial charge in [0.2, 0.25) is 6.41 Å². The van der Waals surface area contributed by atoms with Gasteiger partial charge in [0.05, 0.1) is 5.56 Å².